The van der Waals surface area contributed by atoms with Gasteiger partial charge < -0.3 is 14.8 Å². The third kappa shape index (κ3) is 5.24. The van der Waals surface area contributed by atoms with Gasteiger partial charge in [0.05, 0.1) is 6.61 Å². The summed E-state index contributed by atoms with van der Waals surface area (Å²) in [5, 5.41) is 3.24. The summed E-state index contributed by atoms with van der Waals surface area (Å²) >= 11 is 5.87. The summed E-state index contributed by atoms with van der Waals surface area (Å²) in [6, 6.07) is 10.3. The fraction of sp³-hybridized carbons (Fsp3) is 0.235. The van der Waals surface area contributed by atoms with Crippen LogP contribution in [0.4, 0.5) is 0 Å². The van der Waals surface area contributed by atoms with Gasteiger partial charge >= 0.3 is 5.97 Å². The van der Waals surface area contributed by atoms with Gasteiger partial charge in [-0.1, -0.05) is 23.7 Å². The van der Waals surface area contributed by atoms with E-state index in [1.807, 2.05) is 6.07 Å². The molecular weight excluding hydrogens is 332 g/mol. The number of nitrogens with one attached hydrogen (secondary N) is 1. The summed E-state index contributed by atoms with van der Waals surface area (Å²) in [4.78, 5) is 27.8. The van der Waals surface area contributed by atoms with Gasteiger partial charge in [-0.3, -0.25) is 4.79 Å². The van der Waals surface area contributed by atoms with E-state index in [2.05, 4.69) is 10.3 Å². The Hall–Kier alpha value is -2.60. The van der Waals surface area contributed by atoms with Crippen LogP contribution in [0.3, 0.4) is 0 Å². The molecule has 0 radical (unpaired) electrons. The van der Waals surface area contributed by atoms with Crippen LogP contribution in [-0.2, 0) is 16.1 Å². The zero-order valence-corrected chi connectivity index (χ0v) is 13.9. The molecule has 0 fully saturated rings. The van der Waals surface area contributed by atoms with Crippen molar-refractivity contribution in [3.05, 3.63) is 58.7 Å². The fourth-order valence-electron chi connectivity index (χ4n) is 1.91. The Morgan fingerprint density at radius 3 is 2.83 bits per heavy atom. The summed E-state index contributed by atoms with van der Waals surface area (Å²) < 4.78 is 10.2. The molecule has 24 heavy (non-hydrogen) atoms. The number of nitrogens with zero attached hydrogens (tertiary/aromatic N) is 1. The molecule has 0 saturated heterocycles. The lowest BCUT2D eigenvalue weighted by molar-refractivity contribution is -0.124. The Morgan fingerprint density at radius 2 is 2.08 bits per heavy atom. The highest BCUT2D eigenvalue weighted by atomic mass is 35.5. The minimum atomic E-state index is -0.663. The topological polar surface area (TPSA) is 77.5 Å². The van der Waals surface area contributed by atoms with Gasteiger partial charge in [-0.15, -0.1) is 0 Å². The largest absolute Gasteiger partial charge is 0.477 e. The third-order valence-electron chi connectivity index (χ3n) is 2.99. The maximum Gasteiger partial charge on any atom is 0.344 e. The van der Waals surface area contributed by atoms with Crippen LogP contribution in [0.5, 0.6) is 5.88 Å². The number of carbonyl (C=O) groups is 2. The molecule has 2 aromatic rings. The first kappa shape index (κ1) is 17.7. The zero-order valence-electron chi connectivity index (χ0n) is 13.1. The lowest BCUT2D eigenvalue weighted by atomic mass is 10.2. The van der Waals surface area contributed by atoms with E-state index in [9.17, 15) is 9.59 Å². The molecule has 7 heteroatoms. The van der Waals surface area contributed by atoms with E-state index in [-0.39, 0.29) is 18.1 Å². The van der Waals surface area contributed by atoms with Gasteiger partial charge in [0, 0.05) is 17.8 Å². The highest BCUT2D eigenvalue weighted by Crippen LogP contribution is 2.15. The summed E-state index contributed by atoms with van der Waals surface area (Å²) in [5.41, 5.74) is 1.04. The van der Waals surface area contributed by atoms with Crippen LogP contribution in [0, 0.1) is 0 Å². The van der Waals surface area contributed by atoms with Gasteiger partial charge in [0.15, 0.2) is 6.61 Å². The van der Waals surface area contributed by atoms with E-state index in [4.69, 9.17) is 21.1 Å². The second-order valence-electron chi connectivity index (χ2n) is 4.77. The number of esters is 1. The van der Waals surface area contributed by atoms with Crippen molar-refractivity contribution < 1.29 is 19.1 Å². The lowest BCUT2D eigenvalue weighted by Gasteiger charge is -2.09. The van der Waals surface area contributed by atoms with E-state index in [0.29, 0.717) is 18.2 Å². The first-order valence-electron chi connectivity index (χ1n) is 7.36. The second-order valence-corrected chi connectivity index (χ2v) is 5.21. The maximum absolute atomic E-state index is 12.0. The Kier molecular flexibility index (Phi) is 6.57. The van der Waals surface area contributed by atoms with E-state index in [1.165, 1.54) is 12.3 Å². The highest BCUT2D eigenvalue weighted by Gasteiger charge is 2.16. The number of ether oxygens (including phenoxy) is 2. The number of carbonyl (C=O) groups excluding carboxylic acids is 2. The quantitative estimate of drug-likeness (QED) is 0.778. The van der Waals surface area contributed by atoms with Gasteiger partial charge in [0.25, 0.3) is 5.91 Å². The van der Waals surface area contributed by atoms with Crippen molar-refractivity contribution in [1.29, 1.82) is 0 Å². The monoisotopic (exact) mass is 348 g/mol. The Balaban J connectivity index is 1.84. The Labute approximate surface area is 144 Å². The molecule has 0 saturated carbocycles. The molecule has 1 amide bonds. The number of aromatic nitrogens is 1. The molecule has 1 aromatic carbocycles. The van der Waals surface area contributed by atoms with Crippen LogP contribution in [0.1, 0.15) is 22.8 Å². The van der Waals surface area contributed by atoms with Gasteiger partial charge in [0.2, 0.25) is 5.88 Å². The normalized spacial score (nSPS) is 10.1. The van der Waals surface area contributed by atoms with Crippen molar-refractivity contribution in [2.24, 2.45) is 0 Å². The van der Waals surface area contributed by atoms with Crippen LogP contribution in [0.2, 0.25) is 5.02 Å². The van der Waals surface area contributed by atoms with Crippen molar-refractivity contribution in [3.63, 3.8) is 0 Å². The molecule has 0 aliphatic rings. The van der Waals surface area contributed by atoms with E-state index in [0.717, 1.165) is 5.56 Å². The summed E-state index contributed by atoms with van der Waals surface area (Å²) in [6.45, 7) is 2.07. The van der Waals surface area contributed by atoms with Crippen LogP contribution < -0.4 is 10.1 Å². The molecule has 126 valence electrons. The number of benzene rings is 1. The molecule has 0 spiro atoms. The zero-order chi connectivity index (χ0) is 17.4. The summed E-state index contributed by atoms with van der Waals surface area (Å²) in [6.07, 6.45) is 1.51. The maximum atomic E-state index is 12.0. The number of hydrogen-bond acceptors (Lipinski definition) is 5. The van der Waals surface area contributed by atoms with Crippen molar-refractivity contribution in [3.8, 4) is 5.88 Å². The first-order chi connectivity index (χ1) is 11.6. The highest BCUT2D eigenvalue weighted by molar-refractivity contribution is 6.30. The van der Waals surface area contributed by atoms with E-state index < -0.39 is 11.9 Å². The second kappa shape index (κ2) is 8.88. The summed E-state index contributed by atoms with van der Waals surface area (Å²) in [5.74, 6) is -0.890. The molecule has 0 aliphatic heterocycles. The number of halogens is 1. The smallest absolute Gasteiger partial charge is 0.344 e. The summed E-state index contributed by atoms with van der Waals surface area (Å²) in [7, 11) is 0. The Morgan fingerprint density at radius 1 is 1.25 bits per heavy atom. The predicted molar refractivity (Wildman–Crippen MR) is 89.0 cm³/mol. The molecule has 0 unspecified atom stereocenters. The van der Waals surface area contributed by atoms with Crippen molar-refractivity contribution in [1.82, 2.24) is 10.3 Å². The standard InChI is InChI=1S/C17H17ClN2O4/c1-2-23-16-14(7-4-8-19-16)17(22)24-11-15(21)20-10-12-5-3-6-13(18)9-12/h3-9H,2,10-11H2,1H3,(H,20,21). The molecule has 6 nitrogen and oxygen atoms in total. The number of hydrogen-bond donors (Lipinski definition) is 1. The molecule has 0 bridgehead atoms. The molecule has 1 N–H and O–H groups in total. The third-order valence-corrected chi connectivity index (χ3v) is 3.22. The van der Waals surface area contributed by atoms with E-state index >= 15 is 0 Å². The van der Waals surface area contributed by atoms with E-state index in [1.54, 1.807) is 31.2 Å². The fourth-order valence-corrected chi connectivity index (χ4v) is 2.12. The minimum Gasteiger partial charge on any atom is -0.477 e. The van der Waals surface area contributed by atoms with Crippen molar-refractivity contribution in [2.45, 2.75) is 13.5 Å². The van der Waals surface area contributed by atoms with Crippen molar-refractivity contribution in [2.75, 3.05) is 13.2 Å². The first-order valence-corrected chi connectivity index (χ1v) is 7.74. The average molecular weight is 349 g/mol. The Bertz CT molecular complexity index is 721. The van der Waals surface area contributed by atoms with Gasteiger partial charge in [-0.05, 0) is 36.8 Å². The predicted octanol–water partition coefficient (Wildman–Crippen LogP) is 2.61. The lowest BCUT2D eigenvalue weighted by Crippen LogP contribution is -2.28. The molecule has 1 aromatic heterocycles. The number of pyridine rings is 1. The van der Waals surface area contributed by atoms with Crippen LogP contribution in [0.25, 0.3) is 0 Å². The molecule has 0 aliphatic carbocycles. The van der Waals surface area contributed by atoms with Crippen molar-refractivity contribution >= 4 is 23.5 Å². The molecular formula is C17H17ClN2O4. The van der Waals surface area contributed by atoms with Crippen LogP contribution in [0.15, 0.2) is 42.6 Å². The van der Waals surface area contributed by atoms with Gasteiger partial charge in [-0.2, -0.15) is 0 Å². The molecule has 0 atom stereocenters. The molecule has 2 rings (SSSR count). The van der Waals surface area contributed by atoms with Gasteiger partial charge in [0.1, 0.15) is 5.56 Å². The van der Waals surface area contributed by atoms with Crippen LogP contribution >= 0.6 is 11.6 Å². The molecule has 1 heterocycles. The SMILES string of the molecule is CCOc1ncccc1C(=O)OCC(=O)NCc1cccc(Cl)c1. The number of amides is 1. The number of rotatable bonds is 7. The average Bonchev–Trinajstić information content (AvgIpc) is 2.59. The van der Waals surface area contributed by atoms with Gasteiger partial charge in [-0.25, -0.2) is 9.78 Å². The minimum absolute atomic E-state index is 0.182. The van der Waals surface area contributed by atoms with Crippen LogP contribution in [-0.4, -0.2) is 30.1 Å².